The molecule has 0 spiro atoms. The van der Waals surface area contributed by atoms with Crippen molar-refractivity contribution in [1.82, 2.24) is 0 Å². The number of phenolic OH excluding ortho intramolecular Hbond substituents is 2. The highest BCUT2D eigenvalue weighted by Gasteiger charge is 1.95. The maximum atomic E-state index is 9.54. The highest BCUT2D eigenvalue weighted by atomic mass is 16.3. The fourth-order valence-corrected chi connectivity index (χ4v) is 3.16. The second-order valence-corrected chi connectivity index (χ2v) is 7.77. The largest absolute Gasteiger partial charge is 0.507 e. The first-order chi connectivity index (χ1) is 17.7. The van der Waals surface area contributed by atoms with E-state index in [0.29, 0.717) is 13.1 Å². The zero-order valence-corrected chi connectivity index (χ0v) is 20.2. The van der Waals surface area contributed by atoms with Gasteiger partial charge in [0.25, 0.3) is 0 Å². The van der Waals surface area contributed by atoms with Gasteiger partial charge in [0.15, 0.2) is 0 Å². The van der Waals surface area contributed by atoms with E-state index in [-0.39, 0.29) is 11.5 Å². The first-order valence-corrected chi connectivity index (χ1v) is 11.9. The fourth-order valence-electron chi connectivity index (χ4n) is 3.16. The third-order valence-electron chi connectivity index (χ3n) is 5.02. The lowest BCUT2D eigenvalue weighted by Crippen LogP contribution is -2.04. The molecule has 0 aliphatic heterocycles. The summed E-state index contributed by atoms with van der Waals surface area (Å²) < 4.78 is 0. The van der Waals surface area contributed by atoms with Crippen LogP contribution in [0.2, 0.25) is 0 Å². The van der Waals surface area contributed by atoms with Gasteiger partial charge in [-0.05, 0) is 48.5 Å². The average molecular weight is 481 g/mol. The Labute approximate surface area is 212 Å². The summed E-state index contributed by atoms with van der Waals surface area (Å²) in [6.07, 6.45) is 3.39. The van der Waals surface area contributed by atoms with Crippen molar-refractivity contribution in [2.45, 2.75) is 0 Å². The van der Waals surface area contributed by atoms with Crippen LogP contribution in [-0.4, -0.2) is 48.8 Å². The Morgan fingerprint density at radius 1 is 0.500 bits per heavy atom. The number of nitrogens with zero attached hydrogens (tertiary/aromatic N) is 2. The van der Waals surface area contributed by atoms with Gasteiger partial charge in [-0.3, -0.25) is 9.98 Å². The number of nitrogens with one attached hydrogen (secondary N) is 2. The second-order valence-electron chi connectivity index (χ2n) is 7.77. The van der Waals surface area contributed by atoms with Crippen molar-refractivity contribution in [3.05, 3.63) is 120 Å². The molecule has 36 heavy (non-hydrogen) atoms. The standard InChI is InChI=1S/2C15H16N2O/c2*18-15-9-5-4-6-13(15)12-16-10-11-17-14-7-2-1-3-8-14/h2*1-9,12,17-18H,10-11H2. The molecule has 0 atom stereocenters. The number of hydrogen-bond donors (Lipinski definition) is 4. The highest BCUT2D eigenvalue weighted by molar-refractivity contribution is 5.83. The molecule has 0 saturated heterocycles. The predicted molar refractivity (Wildman–Crippen MR) is 151 cm³/mol. The normalized spacial score (nSPS) is 10.7. The van der Waals surface area contributed by atoms with Gasteiger partial charge in [0.05, 0.1) is 13.1 Å². The number of anilines is 2. The Balaban J connectivity index is 0.000000201. The number of rotatable bonds is 10. The number of para-hydroxylation sites is 4. The van der Waals surface area contributed by atoms with Crippen molar-refractivity contribution in [3.8, 4) is 11.5 Å². The second kappa shape index (κ2) is 15.3. The van der Waals surface area contributed by atoms with Crippen LogP contribution < -0.4 is 10.6 Å². The molecule has 4 rings (SSSR count). The monoisotopic (exact) mass is 480 g/mol. The van der Waals surface area contributed by atoms with Crippen LogP contribution in [0, 0.1) is 0 Å². The molecule has 0 radical (unpaired) electrons. The van der Waals surface area contributed by atoms with Gasteiger partial charge >= 0.3 is 0 Å². The summed E-state index contributed by atoms with van der Waals surface area (Å²) in [5.41, 5.74) is 3.68. The van der Waals surface area contributed by atoms with Crippen molar-refractivity contribution in [1.29, 1.82) is 0 Å². The Morgan fingerprint density at radius 2 is 0.861 bits per heavy atom. The number of aliphatic imine (C=N–C) groups is 2. The smallest absolute Gasteiger partial charge is 0.124 e. The molecule has 0 aromatic heterocycles. The Kier molecular flexibility index (Phi) is 11.1. The first-order valence-electron chi connectivity index (χ1n) is 11.9. The van der Waals surface area contributed by atoms with E-state index < -0.39 is 0 Å². The van der Waals surface area contributed by atoms with Crippen LogP contribution in [0.15, 0.2) is 119 Å². The van der Waals surface area contributed by atoms with Crippen molar-refractivity contribution < 1.29 is 10.2 Å². The van der Waals surface area contributed by atoms with Gasteiger partial charge < -0.3 is 20.8 Å². The average Bonchev–Trinajstić information content (AvgIpc) is 2.92. The lowest BCUT2D eigenvalue weighted by molar-refractivity contribution is 0.474. The SMILES string of the molecule is Oc1ccccc1C=NCCNc1ccccc1.Oc1ccccc1C=NCCNc1ccccc1. The Hall–Kier alpha value is -4.58. The highest BCUT2D eigenvalue weighted by Crippen LogP contribution is 2.13. The molecule has 0 heterocycles. The molecule has 0 bridgehead atoms. The van der Waals surface area contributed by atoms with Crippen LogP contribution in [0.3, 0.4) is 0 Å². The van der Waals surface area contributed by atoms with E-state index in [1.165, 1.54) is 0 Å². The van der Waals surface area contributed by atoms with Crippen LogP contribution in [-0.2, 0) is 0 Å². The molecular weight excluding hydrogens is 448 g/mol. The van der Waals surface area contributed by atoms with Gasteiger partial charge in [0, 0.05) is 48.0 Å². The summed E-state index contributed by atoms with van der Waals surface area (Å²) in [6, 6.07) is 34.4. The minimum absolute atomic E-state index is 0.261. The number of phenols is 2. The van der Waals surface area contributed by atoms with E-state index in [1.54, 1.807) is 36.7 Å². The van der Waals surface area contributed by atoms with E-state index in [0.717, 1.165) is 35.6 Å². The number of aromatic hydroxyl groups is 2. The summed E-state index contributed by atoms with van der Waals surface area (Å²) in [7, 11) is 0. The summed E-state index contributed by atoms with van der Waals surface area (Å²) in [6.45, 7) is 2.88. The van der Waals surface area contributed by atoms with Crippen molar-refractivity contribution in [2.75, 3.05) is 36.8 Å². The van der Waals surface area contributed by atoms with Crippen LogP contribution >= 0.6 is 0 Å². The van der Waals surface area contributed by atoms with Gasteiger partial charge in [-0.25, -0.2) is 0 Å². The maximum Gasteiger partial charge on any atom is 0.124 e. The van der Waals surface area contributed by atoms with E-state index in [9.17, 15) is 10.2 Å². The summed E-state index contributed by atoms with van der Waals surface area (Å²) in [5.74, 6) is 0.523. The minimum atomic E-state index is 0.261. The fraction of sp³-hybridized carbons (Fsp3) is 0.133. The molecule has 184 valence electrons. The molecule has 6 nitrogen and oxygen atoms in total. The number of benzene rings is 4. The quantitative estimate of drug-likeness (QED) is 0.169. The van der Waals surface area contributed by atoms with Gasteiger partial charge in [-0.2, -0.15) is 0 Å². The summed E-state index contributed by atoms with van der Waals surface area (Å²) >= 11 is 0. The van der Waals surface area contributed by atoms with Crippen molar-refractivity contribution in [2.24, 2.45) is 9.98 Å². The van der Waals surface area contributed by atoms with Gasteiger partial charge in [-0.15, -0.1) is 0 Å². The molecule has 0 saturated carbocycles. The van der Waals surface area contributed by atoms with Gasteiger partial charge in [0.1, 0.15) is 11.5 Å². The van der Waals surface area contributed by atoms with Crippen LogP contribution in [0.5, 0.6) is 11.5 Å². The topological polar surface area (TPSA) is 89.2 Å². The molecule has 0 amide bonds. The maximum absolute atomic E-state index is 9.54. The van der Waals surface area contributed by atoms with Crippen LogP contribution in [0.1, 0.15) is 11.1 Å². The minimum Gasteiger partial charge on any atom is -0.507 e. The molecule has 0 aliphatic rings. The third-order valence-corrected chi connectivity index (χ3v) is 5.02. The predicted octanol–water partition coefficient (Wildman–Crippen LogP) is 5.85. The molecule has 0 unspecified atom stereocenters. The van der Waals surface area contributed by atoms with Gasteiger partial charge in [0.2, 0.25) is 0 Å². The van der Waals surface area contributed by atoms with Gasteiger partial charge in [-0.1, -0.05) is 60.7 Å². The Morgan fingerprint density at radius 3 is 1.25 bits per heavy atom. The number of hydrogen-bond acceptors (Lipinski definition) is 6. The van der Waals surface area contributed by atoms with Crippen molar-refractivity contribution in [3.63, 3.8) is 0 Å². The molecule has 4 aromatic carbocycles. The zero-order chi connectivity index (χ0) is 25.3. The summed E-state index contributed by atoms with van der Waals surface area (Å²) in [4.78, 5) is 8.54. The van der Waals surface area contributed by atoms with Crippen LogP contribution in [0.4, 0.5) is 11.4 Å². The lowest BCUT2D eigenvalue weighted by Gasteiger charge is -2.03. The van der Waals surface area contributed by atoms with Crippen LogP contribution in [0.25, 0.3) is 0 Å². The first kappa shape index (κ1) is 26.0. The van der Waals surface area contributed by atoms with E-state index in [1.807, 2.05) is 84.9 Å². The Bertz CT molecular complexity index is 1110. The molecule has 4 aromatic rings. The summed E-state index contributed by atoms with van der Waals surface area (Å²) in [5, 5.41) is 25.6. The molecule has 6 heteroatoms. The van der Waals surface area contributed by atoms with E-state index in [4.69, 9.17) is 0 Å². The lowest BCUT2D eigenvalue weighted by atomic mass is 10.2. The van der Waals surface area contributed by atoms with E-state index >= 15 is 0 Å². The molecular formula is C30H32N4O2. The van der Waals surface area contributed by atoms with E-state index in [2.05, 4.69) is 20.6 Å². The van der Waals surface area contributed by atoms with Crippen molar-refractivity contribution >= 4 is 23.8 Å². The molecule has 0 aliphatic carbocycles. The molecule has 0 fully saturated rings. The molecule has 4 N–H and O–H groups in total. The third kappa shape index (κ3) is 9.73. The zero-order valence-electron chi connectivity index (χ0n) is 20.2.